The largest absolute Gasteiger partial charge is 0.393 e. The van der Waals surface area contributed by atoms with Crippen molar-refractivity contribution in [1.82, 2.24) is 9.88 Å². The minimum atomic E-state index is -0.287. The number of likely N-dealkylation sites (tertiary alicyclic amines) is 1. The first-order valence-corrected chi connectivity index (χ1v) is 8.14. The molecule has 1 aromatic carbocycles. The van der Waals surface area contributed by atoms with E-state index in [9.17, 15) is 9.90 Å². The van der Waals surface area contributed by atoms with Gasteiger partial charge in [0, 0.05) is 24.6 Å². The second-order valence-electron chi connectivity index (χ2n) is 6.17. The maximum absolute atomic E-state index is 12.3. The number of carbonyl (C=O) groups is 1. The number of carbonyl (C=O) groups excluding carboxylic acids is 1. The van der Waals surface area contributed by atoms with Crippen molar-refractivity contribution < 1.29 is 9.90 Å². The van der Waals surface area contributed by atoms with Gasteiger partial charge in [0.05, 0.1) is 17.3 Å². The number of aliphatic hydroxyl groups is 1. The Hall–Kier alpha value is -2.20. The van der Waals surface area contributed by atoms with Crippen LogP contribution in [0.4, 0.5) is 0 Å². The van der Waals surface area contributed by atoms with Crippen LogP contribution in [-0.2, 0) is 4.79 Å². The third-order valence-corrected chi connectivity index (χ3v) is 4.55. The summed E-state index contributed by atoms with van der Waals surface area (Å²) < 4.78 is 0. The van der Waals surface area contributed by atoms with Crippen LogP contribution in [0.5, 0.6) is 0 Å². The van der Waals surface area contributed by atoms with E-state index in [2.05, 4.69) is 4.98 Å². The highest BCUT2D eigenvalue weighted by Gasteiger charge is 2.24. The molecule has 0 aliphatic carbocycles. The zero-order chi connectivity index (χ0) is 16.2. The number of amides is 1. The van der Waals surface area contributed by atoms with Gasteiger partial charge >= 0.3 is 0 Å². The summed E-state index contributed by atoms with van der Waals surface area (Å²) in [6, 6.07) is 11.9. The topological polar surface area (TPSA) is 53.4 Å². The van der Waals surface area contributed by atoms with Crippen molar-refractivity contribution in [2.75, 3.05) is 13.1 Å². The Morgan fingerprint density at radius 2 is 2.00 bits per heavy atom. The number of nitrogens with zero attached hydrogens (tertiary/aromatic N) is 2. The van der Waals surface area contributed by atoms with Crippen LogP contribution < -0.4 is 0 Å². The van der Waals surface area contributed by atoms with Gasteiger partial charge in [0.15, 0.2) is 0 Å². The number of pyridine rings is 1. The van der Waals surface area contributed by atoms with E-state index in [0.29, 0.717) is 19.0 Å². The Bertz CT molecular complexity index is 716. The molecule has 2 heterocycles. The van der Waals surface area contributed by atoms with Gasteiger partial charge < -0.3 is 10.0 Å². The van der Waals surface area contributed by atoms with Crippen LogP contribution >= 0.6 is 0 Å². The fourth-order valence-electron chi connectivity index (χ4n) is 3.04. The summed E-state index contributed by atoms with van der Waals surface area (Å²) in [4.78, 5) is 18.6. The number of hydrogen-bond donors (Lipinski definition) is 1. The molecule has 1 aromatic heterocycles. The van der Waals surface area contributed by atoms with Crippen LogP contribution in [0.3, 0.4) is 0 Å². The average Bonchev–Trinajstić information content (AvgIpc) is 2.59. The number of rotatable bonds is 3. The molecule has 0 saturated carbocycles. The molecule has 1 atom stereocenters. The lowest BCUT2D eigenvalue weighted by Gasteiger charge is -2.32. The number of aliphatic hydroxyl groups excluding tert-OH is 1. The first kappa shape index (κ1) is 15.7. The quantitative estimate of drug-likeness (QED) is 0.887. The van der Waals surface area contributed by atoms with E-state index in [1.54, 1.807) is 12.2 Å². The molecule has 23 heavy (non-hydrogen) atoms. The third kappa shape index (κ3) is 3.77. The molecule has 1 unspecified atom stereocenters. The molecule has 4 heteroatoms. The van der Waals surface area contributed by atoms with Crippen molar-refractivity contribution in [3.8, 4) is 0 Å². The maximum atomic E-state index is 12.3. The number of para-hydroxylation sites is 1. The molecule has 1 saturated heterocycles. The fraction of sp³-hybridized carbons (Fsp3) is 0.368. The van der Waals surface area contributed by atoms with E-state index in [4.69, 9.17) is 0 Å². The molecule has 0 radical (unpaired) electrons. The van der Waals surface area contributed by atoms with Crippen LogP contribution in [0.1, 0.15) is 25.5 Å². The lowest BCUT2D eigenvalue weighted by molar-refractivity contribution is -0.127. The molecule has 4 nitrogen and oxygen atoms in total. The van der Waals surface area contributed by atoms with Gasteiger partial charge in [0.25, 0.3) is 0 Å². The number of benzene rings is 1. The smallest absolute Gasteiger partial charge is 0.246 e. The van der Waals surface area contributed by atoms with Gasteiger partial charge in [-0.15, -0.1) is 0 Å². The predicted octanol–water partition coefficient (Wildman–Crippen LogP) is 2.87. The SMILES string of the molecule is CC(O)C1CCN(C(=O)C=Cc2ccc3ccccc3n2)CC1. The Kier molecular flexibility index (Phi) is 4.72. The van der Waals surface area contributed by atoms with Crippen LogP contribution in [0, 0.1) is 5.92 Å². The summed E-state index contributed by atoms with van der Waals surface area (Å²) in [5.74, 6) is 0.328. The summed E-state index contributed by atoms with van der Waals surface area (Å²) in [6.45, 7) is 3.25. The van der Waals surface area contributed by atoms with Gasteiger partial charge in [0.1, 0.15) is 0 Å². The molecule has 0 bridgehead atoms. The maximum Gasteiger partial charge on any atom is 0.246 e. The Balaban J connectivity index is 1.63. The predicted molar refractivity (Wildman–Crippen MR) is 91.8 cm³/mol. The van der Waals surface area contributed by atoms with Crippen molar-refractivity contribution in [1.29, 1.82) is 0 Å². The van der Waals surface area contributed by atoms with E-state index in [0.717, 1.165) is 29.4 Å². The molecular weight excluding hydrogens is 288 g/mol. The Morgan fingerprint density at radius 3 is 2.74 bits per heavy atom. The van der Waals surface area contributed by atoms with Gasteiger partial charge in [0.2, 0.25) is 5.91 Å². The second kappa shape index (κ2) is 6.92. The first-order valence-electron chi connectivity index (χ1n) is 8.14. The monoisotopic (exact) mass is 310 g/mol. The van der Waals surface area contributed by atoms with E-state index in [1.165, 1.54) is 0 Å². The molecule has 1 fully saturated rings. The zero-order valence-electron chi connectivity index (χ0n) is 13.4. The highest BCUT2D eigenvalue weighted by molar-refractivity contribution is 5.92. The van der Waals surface area contributed by atoms with Crippen molar-refractivity contribution in [2.24, 2.45) is 5.92 Å². The molecule has 2 aromatic rings. The van der Waals surface area contributed by atoms with Gasteiger partial charge in [-0.25, -0.2) is 4.98 Å². The minimum absolute atomic E-state index is 0.0176. The molecule has 1 aliphatic rings. The van der Waals surface area contributed by atoms with Gasteiger partial charge in [-0.1, -0.05) is 24.3 Å². The summed E-state index contributed by atoms with van der Waals surface area (Å²) >= 11 is 0. The van der Waals surface area contributed by atoms with Crippen LogP contribution in [0.15, 0.2) is 42.5 Å². The summed E-state index contributed by atoms with van der Waals surface area (Å²) in [6.07, 6.45) is 4.82. The molecule has 1 aliphatic heterocycles. The Morgan fingerprint density at radius 1 is 1.26 bits per heavy atom. The molecule has 1 N–H and O–H groups in total. The highest BCUT2D eigenvalue weighted by atomic mass is 16.3. The lowest BCUT2D eigenvalue weighted by atomic mass is 9.92. The molecule has 1 amide bonds. The first-order chi connectivity index (χ1) is 11.1. The van der Waals surface area contributed by atoms with Crippen LogP contribution in [-0.4, -0.2) is 40.1 Å². The lowest BCUT2D eigenvalue weighted by Crippen LogP contribution is -2.39. The van der Waals surface area contributed by atoms with Crippen molar-refractivity contribution in [3.63, 3.8) is 0 Å². The van der Waals surface area contributed by atoms with Crippen molar-refractivity contribution in [2.45, 2.75) is 25.9 Å². The third-order valence-electron chi connectivity index (χ3n) is 4.55. The Labute approximate surface area is 136 Å². The van der Waals surface area contributed by atoms with E-state index in [-0.39, 0.29) is 12.0 Å². The minimum Gasteiger partial charge on any atom is -0.393 e. The summed E-state index contributed by atoms with van der Waals surface area (Å²) in [7, 11) is 0. The van der Waals surface area contributed by atoms with Gasteiger partial charge in [-0.2, -0.15) is 0 Å². The van der Waals surface area contributed by atoms with Gasteiger partial charge in [-0.3, -0.25) is 4.79 Å². The fourth-order valence-corrected chi connectivity index (χ4v) is 3.04. The normalized spacial score (nSPS) is 17.7. The molecular formula is C19H22N2O2. The average molecular weight is 310 g/mol. The van der Waals surface area contributed by atoms with Crippen molar-refractivity contribution >= 4 is 22.9 Å². The number of piperidine rings is 1. The molecule has 120 valence electrons. The van der Waals surface area contributed by atoms with Crippen molar-refractivity contribution in [3.05, 3.63) is 48.2 Å². The summed E-state index contributed by atoms with van der Waals surface area (Å²) in [5.41, 5.74) is 1.72. The number of fused-ring (bicyclic) bond motifs is 1. The van der Waals surface area contributed by atoms with Gasteiger partial charge in [-0.05, 0) is 43.9 Å². The van der Waals surface area contributed by atoms with Crippen LogP contribution in [0.25, 0.3) is 17.0 Å². The summed E-state index contributed by atoms with van der Waals surface area (Å²) in [5, 5.41) is 10.7. The van der Waals surface area contributed by atoms with Crippen LogP contribution in [0.2, 0.25) is 0 Å². The highest BCUT2D eigenvalue weighted by Crippen LogP contribution is 2.20. The van der Waals surface area contributed by atoms with E-state index in [1.807, 2.05) is 48.2 Å². The second-order valence-corrected chi connectivity index (χ2v) is 6.17. The molecule has 0 spiro atoms. The number of hydrogen-bond acceptors (Lipinski definition) is 3. The van der Waals surface area contributed by atoms with E-state index < -0.39 is 0 Å². The standard InChI is InChI=1S/C19H22N2O2/c1-14(22)15-10-12-21(13-11-15)19(23)9-8-17-7-6-16-4-2-3-5-18(16)20-17/h2-9,14-15,22H,10-13H2,1H3. The number of aromatic nitrogens is 1. The van der Waals surface area contributed by atoms with E-state index >= 15 is 0 Å². The molecule has 3 rings (SSSR count). The zero-order valence-corrected chi connectivity index (χ0v) is 13.4.